The Morgan fingerprint density at radius 2 is 2.06 bits per heavy atom. The molecular weight excluding hydrogens is 214 g/mol. The van der Waals surface area contributed by atoms with Gasteiger partial charge in [0, 0.05) is 25.7 Å². The molecular formula is C13H29N3O. The van der Waals surface area contributed by atoms with Crippen LogP contribution in [0.25, 0.3) is 0 Å². The number of hydrogen-bond donors (Lipinski definition) is 2. The second-order valence-electron chi connectivity index (χ2n) is 6.07. The minimum atomic E-state index is -0.688. The third-order valence-electron chi connectivity index (χ3n) is 3.94. The van der Waals surface area contributed by atoms with Crippen LogP contribution in [0.3, 0.4) is 0 Å². The summed E-state index contributed by atoms with van der Waals surface area (Å²) in [5, 5.41) is 9.84. The van der Waals surface area contributed by atoms with Crippen molar-refractivity contribution in [2.45, 2.75) is 38.3 Å². The molecule has 0 bridgehead atoms. The molecule has 1 aliphatic heterocycles. The standard InChI is InChI=1S/C13H29N3O/c1-11-8-16(9-12(11)15(3)4)7-5-6-13(2,17)10-14/h11-12,17H,5-10,14H2,1-4H3. The number of hydrogen-bond acceptors (Lipinski definition) is 4. The molecule has 0 aromatic carbocycles. The molecule has 0 spiro atoms. The van der Waals surface area contributed by atoms with Crippen LogP contribution in [-0.4, -0.2) is 66.8 Å². The van der Waals surface area contributed by atoms with Crippen LogP contribution in [0, 0.1) is 5.92 Å². The fraction of sp³-hybridized carbons (Fsp3) is 1.00. The molecule has 1 rings (SSSR count). The zero-order valence-electron chi connectivity index (χ0n) is 11.8. The molecule has 0 aromatic heterocycles. The van der Waals surface area contributed by atoms with Crippen LogP contribution in [-0.2, 0) is 0 Å². The second kappa shape index (κ2) is 6.14. The minimum Gasteiger partial charge on any atom is -0.389 e. The normalized spacial score (nSPS) is 29.8. The van der Waals surface area contributed by atoms with E-state index in [9.17, 15) is 5.11 Å². The molecule has 0 amide bonds. The van der Waals surface area contributed by atoms with Crippen LogP contribution in [0.5, 0.6) is 0 Å². The first-order valence-electron chi connectivity index (χ1n) is 6.67. The van der Waals surface area contributed by atoms with Gasteiger partial charge in [-0.25, -0.2) is 0 Å². The number of rotatable bonds is 6. The maximum Gasteiger partial charge on any atom is 0.0741 e. The Hall–Kier alpha value is -0.160. The average Bonchev–Trinajstić information content (AvgIpc) is 2.59. The molecule has 4 heteroatoms. The van der Waals surface area contributed by atoms with Crippen molar-refractivity contribution in [2.24, 2.45) is 11.7 Å². The van der Waals surface area contributed by atoms with E-state index in [0.717, 1.165) is 31.8 Å². The fourth-order valence-electron chi connectivity index (χ4n) is 2.69. The van der Waals surface area contributed by atoms with E-state index in [1.165, 1.54) is 6.54 Å². The van der Waals surface area contributed by atoms with E-state index in [2.05, 4.69) is 30.8 Å². The minimum absolute atomic E-state index is 0.351. The summed E-state index contributed by atoms with van der Waals surface area (Å²) in [5.41, 5.74) is 4.83. The molecule has 17 heavy (non-hydrogen) atoms. The molecule has 1 saturated heterocycles. The smallest absolute Gasteiger partial charge is 0.0741 e. The van der Waals surface area contributed by atoms with Crippen molar-refractivity contribution in [3.8, 4) is 0 Å². The van der Waals surface area contributed by atoms with Crippen molar-refractivity contribution in [2.75, 3.05) is 40.3 Å². The average molecular weight is 243 g/mol. The van der Waals surface area contributed by atoms with Crippen molar-refractivity contribution < 1.29 is 5.11 Å². The van der Waals surface area contributed by atoms with E-state index in [1.54, 1.807) is 0 Å². The van der Waals surface area contributed by atoms with Gasteiger partial charge < -0.3 is 20.6 Å². The first-order valence-corrected chi connectivity index (χ1v) is 6.67. The zero-order chi connectivity index (χ0) is 13.1. The monoisotopic (exact) mass is 243 g/mol. The first kappa shape index (κ1) is 14.9. The zero-order valence-corrected chi connectivity index (χ0v) is 11.8. The maximum absolute atomic E-state index is 9.84. The summed E-state index contributed by atoms with van der Waals surface area (Å²) >= 11 is 0. The number of likely N-dealkylation sites (tertiary alicyclic amines) is 1. The Bertz CT molecular complexity index is 231. The predicted octanol–water partition coefficient (Wildman–Crippen LogP) is 0.358. The molecule has 3 atom stereocenters. The van der Waals surface area contributed by atoms with Crippen molar-refractivity contribution in [3.63, 3.8) is 0 Å². The molecule has 3 N–H and O–H groups in total. The van der Waals surface area contributed by atoms with Crippen LogP contribution in [0.15, 0.2) is 0 Å². The molecule has 102 valence electrons. The van der Waals surface area contributed by atoms with E-state index >= 15 is 0 Å². The highest BCUT2D eigenvalue weighted by Crippen LogP contribution is 2.21. The molecule has 0 saturated carbocycles. The second-order valence-corrected chi connectivity index (χ2v) is 6.07. The molecule has 3 unspecified atom stereocenters. The summed E-state index contributed by atoms with van der Waals surface area (Å²) in [4.78, 5) is 4.82. The summed E-state index contributed by atoms with van der Waals surface area (Å²) in [7, 11) is 4.31. The van der Waals surface area contributed by atoms with E-state index in [4.69, 9.17) is 5.73 Å². The number of aliphatic hydroxyl groups is 1. The largest absolute Gasteiger partial charge is 0.389 e. The van der Waals surface area contributed by atoms with Gasteiger partial charge in [0.1, 0.15) is 0 Å². The van der Waals surface area contributed by atoms with Gasteiger partial charge >= 0.3 is 0 Å². The highest BCUT2D eigenvalue weighted by molar-refractivity contribution is 4.86. The van der Waals surface area contributed by atoms with Crippen molar-refractivity contribution in [3.05, 3.63) is 0 Å². The third-order valence-corrected chi connectivity index (χ3v) is 3.94. The molecule has 4 nitrogen and oxygen atoms in total. The number of nitrogens with zero attached hydrogens (tertiary/aromatic N) is 2. The Morgan fingerprint density at radius 3 is 2.53 bits per heavy atom. The van der Waals surface area contributed by atoms with E-state index in [1.807, 2.05) is 6.92 Å². The van der Waals surface area contributed by atoms with Gasteiger partial charge in [0.05, 0.1) is 5.60 Å². The quantitative estimate of drug-likeness (QED) is 0.707. The summed E-state index contributed by atoms with van der Waals surface area (Å²) in [5.74, 6) is 0.736. The lowest BCUT2D eigenvalue weighted by Crippen LogP contribution is -2.36. The highest BCUT2D eigenvalue weighted by Gasteiger charge is 2.30. The lowest BCUT2D eigenvalue weighted by molar-refractivity contribution is 0.0549. The van der Waals surface area contributed by atoms with Gasteiger partial charge in [-0.2, -0.15) is 0 Å². The van der Waals surface area contributed by atoms with Crippen LogP contribution in [0.4, 0.5) is 0 Å². The molecule has 1 fully saturated rings. The van der Waals surface area contributed by atoms with Crippen LogP contribution >= 0.6 is 0 Å². The maximum atomic E-state index is 9.84. The van der Waals surface area contributed by atoms with Crippen LogP contribution in [0.1, 0.15) is 26.7 Å². The van der Waals surface area contributed by atoms with Gasteiger partial charge in [0.25, 0.3) is 0 Å². The highest BCUT2D eigenvalue weighted by atomic mass is 16.3. The van der Waals surface area contributed by atoms with E-state index in [-0.39, 0.29) is 0 Å². The Labute approximate surface area is 106 Å². The van der Waals surface area contributed by atoms with E-state index < -0.39 is 5.60 Å². The predicted molar refractivity (Wildman–Crippen MR) is 72.0 cm³/mol. The third kappa shape index (κ3) is 4.54. The lowest BCUT2D eigenvalue weighted by atomic mass is 10.0. The fourth-order valence-corrected chi connectivity index (χ4v) is 2.69. The van der Waals surface area contributed by atoms with Crippen LogP contribution < -0.4 is 5.73 Å². The van der Waals surface area contributed by atoms with Crippen molar-refractivity contribution >= 4 is 0 Å². The summed E-state index contributed by atoms with van der Waals surface area (Å²) in [6.45, 7) is 7.89. The molecule has 1 heterocycles. The molecule has 0 aromatic rings. The van der Waals surface area contributed by atoms with Crippen molar-refractivity contribution in [1.29, 1.82) is 0 Å². The Balaban J connectivity index is 2.26. The molecule has 0 radical (unpaired) electrons. The SMILES string of the molecule is CC1CN(CCCC(C)(O)CN)CC1N(C)C. The summed E-state index contributed by atoms with van der Waals surface area (Å²) in [6, 6.07) is 0.671. The first-order chi connectivity index (χ1) is 7.85. The van der Waals surface area contributed by atoms with E-state index in [0.29, 0.717) is 12.6 Å². The van der Waals surface area contributed by atoms with Gasteiger partial charge in [-0.3, -0.25) is 0 Å². The van der Waals surface area contributed by atoms with Crippen molar-refractivity contribution in [1.82, 2.24) is 9.80 Å². The van der Waals surface area contributed by atoms with Gasteiger partial charge in [0.2, 0.25) is 0 Å². The summed E-state index contributed by atoms with van der Waals surface area (Å²) in [6.07, 6.45) is 1.82. The lowest BCUT2D eigenvalue weighted by Gasteiger charge is -2.24. The van der Waals surface area contributed by atoms with Gasteiger partial charge in [-0.15, -0.1) is 0 Å². The van der Waals surface area contributed by atoms with Gasteiger partial charge in [-0.05, 0) is 46.3 Å². The Kier molecular flexibility index (Phi) is 5.38. The topological polar surface area (TPSA) is 52.7 Å². The molecule has 1 aliphatic rings. The van der Waals surface area contributed by atoms with Gasteiger partial charge in [0.15, 0.2) is 0 Å². The summed E-state index contributed by atoms with van der Waals surface area (Å²) < 4.78 is 0. The number of likely N-dealkylation sites (N-methyl/N-ethyl adjacent to an activating group) is 1. The Morgan fingerprint density at radius 1 is 1.41 bits per heavy atom. The van der Waals surface area contributed by atoms with Crippen LogP contribution in [0.2, 0.25) is 0 Å². The van der Waals surface area contributed by atoms with Gasteiger partial charge in [-0.1, -0.05) is 6.92 Å². The molecule has 0 aliphatic carbocycles. The number of nitrogens with two attached hydrogens (primary N) is 1.